The molecule has 0 saturated carbocycles. The first-order valence-electron chi connectivity index (χ1n) is 8.58. The molecule has 0 spiro atoms. The fraction of sp³-hybridized carbons (Fsp3) is 0.350. The van der Waals surface area contributed by atoms with E-state index in [2.05, 4.69) is 71.0 Å². The molecule has 0 bridgehead atoms. The number of fused-ring (bicyclic) bond motifs is 1. The molecule has 3 aromatic rings. The minimum Gasteiger partial charge on any atom is -0.317 e. The molecule has 2 aromatic carbocycles. The van der Waals surface area contributed by atoms with Crippen molar-refractivity contribution in [2.75, 3.05) is 13.1 Å². The van der Waals surface area contributed by atoms with Crippen LogP contribution in [-0.2, 0) is 12.8 Å². The zero-order chi connectivity index (χ0) is 15.9. The van der Waals surface area contributed by atoms with Crippen molar-refractivity contribution in [1.29, 1.82) is 0 Å². The Morgan fingerprint density at radius 2 is 1.87 bits per heavy atom. The molecule has 1 aromatic heterocycles. The van der Waals surface area contributed by atoms with Gasteiger partial charge in [-0.2, -0.15) is 5.10 Å². The maximum Gasteiger partial charge on any atom is 0.0926 e. The topological polar surface area (TPSA) is 40.7 Å². The van der Waals surface area contributed by atoms with E-state index in [1.165, 1.54) is 35.0 Å². The number of rotatable bonds is 8. The minimum atomic E-state index is 0.908. The molecule has 3 rings (SSSR count). The summed E-state index contributed by atoms with van der Waals surface area (Å²) in [5, 5.41) is 12.5. The average Bonchev–Trinajstić information content (AvgIpc) is 2.99. The number of benzene rings is 2. The van der Waals surface area contributed by atoms with Crippen LogP contribution in [0.5, 0.6) is 0 Å². The Balaban J connectivity index is 1.77. The first-order chi connectivity index (χ1) is 11.4. The van der Waals surface area contributed by atoms with Gasteiger partial charge in [-0.05, 0) is 49.5 Å². The monoisotopic (exact) mass is 307 g/mol. The fourth-order valence-electron chi connectivity index (χ4n) is 3.09. The Kier molecular flexibility index (Phi) is 5.43. The number of aromatic nitrogens is 2. The highest BCUT2D eigenvalue weighted by atomic mass is 15.1. The van der Waals surface area contributed by atoms with Crippen molar-refractivity contribution in [3.8, 4) is 0 Å². The van der Waals surface area contributed by atoms with Gasteiger partial charge in [0, 0.05) is 17.5 Å². The van der Waals surface area contributed by atoms with Gasteiger partial charge in [0.2, 0.25) is 0 Å². The second kappa shape index (κ2) is 7.93. The largest absolute Gasteiger partial charge is 0.317 e. The van der Waals surface area contributed by atoms with Crippen LogP contribution in [0.4, 0.5) is 0 Å². The van der Waals surface area contributed by atoms with Gasteiger partial charge in [-0.3, -0.25) is 5.10 Å². The van der Waals surface area contributed by atoms with Crippen molar-refractivity contribution in [2.45, 2.75) is 32.6 Å². The molecule has 0 aliphatic rings. The van der Waals surface area contributed by atoms with Gasteiger partial charge in [0.15, 0.2) is 0 Å². The van der Waals surface area contributed by atoms with Crippen molar-refractivity contribution in [1.82, 2.24) is 15.5 Å². The summed E-state index contributed by atoms with van der Waals surface area (Å²) >= 11 is 0. The number of hydrogen-bond acceptors (Lipinski definition) is 2. The number of nitrogens with one attached hydrogen (secondary N) is 2. The Labute approximate surface area is 138 Å². The van der Waals surface area contributed by atoms with E-state index in [-0.39, 0.29) is 0 Å². The zero-order valence-electron chi connectivity index (χ0n) is 13.8. The van der Waals surface area contributed by atoms with Crippen LogP contribution in [0.2, 0.25) is 0 Å². The van der Waals surface area contributed by atoms with Crippen molar-refractivity contribution in [3.05, 3.63) is 65.4 Å². The lowest BCUT2D eigenvalue weighted by molar-refractivity contribution is 0.641. The molecular weight excluding hydrogens is 282 g/mol. The number of nitrogens with zero attached hydrogens (tertiary/aromatic N) is 1. The lowest BCUT2D eigenvalue weighted by Gasteiger charge is -2.06. The van der Waals surface area contributed by atoms with Crippen LogP contribution < -0.4 is 5.32 Å². The Morgan fingerprint density at radius 3 is 2.70 bits per heavy atom. The molecule has 0 unspecified atom stereocenters. The normalized spacial score (nSPS) is 11.2. The van der Waals surface area contributed by atoms with E-state index in [0.29, 0.717) is 0 Å². The maximum absolute atomic E-state index is 4.50. The lowest BCUT2D eigenvalue weighted by atomic mass is 9.99. The van der Waals surface area contributed by atoms with E-state index in [1.807, 2.05) is 0 Å². The molecule has 3 nitrogen and oxygen atoms in total. The molecular formula is C20H25N3. The molecule has 0 aliphatic carbocycles. The molecule has 120 valence electrons. The maximum atomic E-state index is 4.50. The SMILES string of the molecule is CCNCCCCc1cccc2n[nH]c(Cc3ccccc3)c12. The van der Waals surface area contributed by atoms with Crippen molar-refractivity contribution in [2.24, 2.45) is 0 Å². The van der Waals surface area contributed by atoms with E-state index < -0.39 is 0 Å². The van der Waals surface area contributed by atoms with Crippen LogP contribution in [-0.4, -0.2) is 23.3 Å². The highest BCUT2D eigenvalue weighted by Gasteiger charge is 2.10. The van der Waals surface area contributed by atoms with Crippen molar-refractivity contribution >= 4 is 10.9 Å². The van der Waals surface area contributed by atoms with Crippen LogP contribution in [0.25, 0.3) is 10.9 Å². The van der Waals surface area contributed by atoms with E-state index in [0.717, 1.165) is 31.4 Å². The summed E-state index contributed by atoms with van der Waals surface area (Å²) in [5.41, 5.74) is 5.05. The number of aryl methyl sites for hydroxylation is 1. The van der Waals surface area contributed by atoms with Crippen LogP contribution in [0, 0.1) is 0 Å². The highest BCUT2D eigenvalue weighted by Crippen LogP contribution is 2.24. The summed E-state index contributed by atoms with van der Waals surface area (Å²) in [6.07, 6.45) is 4.45. The third-order valence-corrected chi connectivity index (χ3v) is 4.27. The van der Waals surface area contributed by atoms with Gasteiger partial charge in [-0.25, -0.2) is 0 Å². The Hall–Kier alpha value is -2.13. The fourth-order valence-corrected chi connectivity index (χ4v) is 3.09. The zero-order valence-corrected chi connectivity index (χ0v) is 13.8. The van der Waals surface area contributed by atoms with E-state index in [1.54, 1.807) is 0 Å². The molecule has 3 heteroatoms. The number of unbranched alkanes of at least 4 members (excludes halogenated alkanes) is 1. The van der Waals surface area contributed by atoms with E-state index in [9.17, 15) is 0 Å². The molecule has 0 aliphatic heterocycles. The predicted octanol–water partition coefficient (Wildman–Crippen LogP) is 4.09. The third-order valence-electron chi connectivity index (χ3n) is 4.27. The minimum absolute atomic E-state index is 0.908. The summed E-state index contributed by atoms with van der Waals surface area (Å²) in [4.78, 5) is 0. The van der Waals surface area contributed by atoms with Gasteiger partial charge in [-0.1, -0.05) is 49.4 Å². The first kappa shape index (κ1) is 15.8. The first-order valence-corrected chi connectivity index (χ1v) is 8.58. The Morgan fingerprint density at radius 1 is 1.00 bits per heavy atom. The molecule has 0 radical (unpaired) electrons. The van der Waals surface area contributed by atoms with Gasteiger partial charge in [0.05, 0.1) is 5.52 Å². The summed E-state index contributed by atoms with van der Waals surface area (Å²) in [6.45, 7) is 4.31. The van der Waals surface area contributed by atoms with Crippen molar-refractivity contribution < 1.29 is 0 Å². The third kappa shape index (κ3) is 3.99. The number of H-pyrrole nitrogens is 1. The second-order valence-electron chi connectivity index (χ2n) is 5.99. The summed E-state index contributed by atoms with van der Waals surface area (Å²) in [6, 6.07) is 17.1. The lowest BCUT2D eigenvalue weighted by Crippen LogP contribution is -2.13. The quantitative estimate of drug-likeness (QED) is 0.616. The van der Waals surface area contributed by atoms with Gasteiger partial charge >= 0.3 is 0 Å². The molecule has 2 N–H and O–H groups in total. The standard InChI is InChI=1S/C20H25N3/c1-2-21-14-7-6-11-17-12-8-13-18-20(17)19(23-22-18)15-16-9-4-3-5-10-16/h3-5,8-10,12-13,21H,2,6-7,11,14-15H2,1H3,(H,22,23). The second-order valence-corrected chi connectivity index (χ2v) is 5.99. The molecule has 0 amide bonds. The number of hydrogen-bond donors (Lipinski definition) is 2. The van der Waals surface area contributed by atoms with Crippen LogP contribution in [0.15, 0.2) is 48.5 Å². The molecule has 23 heavy (non-hydrogen) atoms. The van der Waals surface area contributed by atoms with Gasteiger partial charge < -0.3 is 5.32 Å². The number of aromatic amines is 1. The Bertz CT molecular complexity index is 731. The van der Waals surface area contributed by atoms with E-state index in [4.69, 9.17) is 0 Å². The summed E-state index contributed by atoms with van der Waals surface area (Å²) < 4.78 is 0. The predicted molar refractivity (Wildman–Crippen MR) is 96.8 cm³/mol. The molecule has 1 heterocycles. The summed E-state index contributed by atoms with van der Waals surface area (Å²) in [7, 11) is 0. The van der Waals surface area contributed by atoms with Crippen LogP contribution in [0.1, 0.15) is 36.6 Å². The summed E-state index contributed by atoms with van der Waals surface area (Å²) in [5.74, 6) is 0. The molecule has 0 saturated heterocycles. The smallest absolute Gasteiger partial charge is 0.0926 e. The van der Waals surface area contributed by atoms with Crippen molar-refractivity contribution in [3.63, 3.8) is 0 Å². The van der Waals surface area contributed by atoms with Gasteiger partial charge in [0.25, 0.3) is 0 Å². The van der Waals surface area contributed by atoms with Crippen LogP contribution >= 0.6 is 0 Å². The average molecular weight is 307 g/mol. The van der Waals surface area contributed by atoms with E-state index >= 15 is 0 Å². The molecule has 0 atom stereocenters. The van der Waals surface area contributed by atoms with Gasteiger partial charge in [0.1, 0.15) is 0 Å². The van der Waals surface area contributed by atoms with Crippen LogP contribution in [0.3, 0.4) is 0 Å². The van der Waals surface area contributed by atoms with Gasteiger partial charge in [-0.15, -0.1) is 0 Å². The molecule has 0 fully saturated rings. The highest BCUT2D eigenvalue weighted by molar-refractivity contribution is 5.85.